The van der Waals surface area contributed by atoms with Gasteiger partial charge in [-0.25, -0.2) is 0 Å². The van der Waals surface area contributed by atoms with Crippen molar-refractivity contribution in [1.29, 1.82) is 0 Å². The number of nitrogen functional groups attached to an aromatic ring is 1. The van der Waals surface area contributed by atoms with Crippen LogP contribution in [-0.4, -0.2) is 17.3 Å². The summed E-state index contributed by atoms with van der Waals surface area (Å²) < 4.78 is 10.6. The molecule has 1 heterocycles. The first-order valence-corrected chi connectivity index (χ1v) is 6.59. The van der Waals surface area contributed by atoms with Crippen LogP contribution in [0.1, 0.15) is 0 Å². The van der Waals surface area contributed by atoms with Gasteiger partial charge in [0.2, 0.25) is 5.82 Å². The largest absolute Gasteiger partial charge is 0.496 e. The summed E-state index contributed by atoms with van der Waals surface area (Å²) >= 11 is 6.05. The van der Waals surface area contributed by atoms with Gasteiger partial charge in [-0.1, -0.05) is 47.1 Å². The van der Waals surface area contributed by atoms with Crippen molar-refractivity contribution in [2.24, 2.45) is 0 Å². The number of methoxy groups -OCH3 is 1. The minimum Gasteiger partial charge on any atom is -0.496 e. The molecule has 106 valence electrons. The molecule has 5 nitrogen and oxygen atoms in total. The molecule has 6 heteroatoms. The van der Waals surface area contributed by atoms with Gasteiger partial charge in [-0.2, -0.15) is 4.98 Å². The third-order valence-electron chi connectivity index (χ3n) is 3.01. The van der Waals surface area contributed by atoms with Crippen LogP contribution in [0, 0.1) is 0 Å². The third kappa shape index (κ3) is 2.55. The number of benzene rings is 2. The summed E-state index contributed by atoms with van der Waals surface area (Å²) in [5.41, 5.74) is 7.66. The predicted molar refractivity (Wildman–Crippen MR) is 81.1 cm³/mol. The molecule has 0 amide bonds. The number of rotatable bonds is 3. The highest BCUT2D eigenvalue weighted by Crippen LogP contribution is 2.35. The molecular formula is C15H12ClN3O2. The second-order valence-corrected chi connectivity index (χ2v) is 4.77. The van der Waals surface area contributed by atoms with E-state index in [-0.39, 0.29) is 0 Å². The molecule has 0 radical (unpaired) electrons. The predicted octanol–water partition coefficient (Wildman–Crippen LogP) is 3.65. The number of aromatic nitrogens is 2. The normalized spacial score (nSPS) is 10.6. The lowest BCUT2D eigenvalue weighted by atomic mass is 10.1. The summed E-state index contributed by atoms with van der Waals surface area (Å²) in [6, 6.07) is 12.8. The molecule has 3 rings (SSSR count). The number of halogens is 1. The van der Waals surface area contributed by atoms with E-state index in [2.05, 4.69) is 10.1 Å². The maximum atomic E-state index is 6.05. The minimum absolute atomic E-state index is 0.326. The molecule has 0 saturated carbocycles. The van der Waals surface area contributed by atoms with E-state index in [0.717, 1.165) is 5.56 Å². The van der Waals surface area contributed by atoms with Crippen molar-refractivity contribution in [1.82, 2.24) is 10.1 Å². The highest BCUT2D eigenvalue weighted by atomic mass is 35.5. The van der Waals surface area contributed by atoms with Gasteiger partial charge >= 0.3 is 0 Å². The molecule has 3 aromatic rings. The van der Waals surface area contributed by atoms with Crippen molar-refractivity contribution in [3.63, 3.8) is 0 Å². The monoisotopic (exact) mass is 301 g/mol. The second kappa shape index (κ2) is 5.46. The summed E-state index contributed by atoms with van der Waals surface area (Å²) in [4.78, 5) is 4.37. The standard InChI is InChI=1S/C15H12ClN3O2/c1-20-13-8-12(17)11(16)7-10(13)15-18-14(19-21-15)9-5-3-2-4-6-9/h2-8H,17H2,1H3. The van der Waals surface area contributed by atoms with Gasteiger partial charge in [-0.3, -0.25) is 0 Å². The quantitative estimate of drug-likeness (QED) is 0.747. The van der Waals surface area contributed by atoms with E-state index in [9.17, 15) is 0 Å². The number of hydrogen-bond donors (Lipinski definition) is 1. The van der Waals surface area contributed by atoms with Crippen molar-refractivity contribution in [2.75, 3.05) is 12.8 Å². The third-order valence-corrected chi connectivity index (χ3v) is 3.33. The van der Waals surface area contributed by atoms with Crippen molar-refractivity contribution < 1.29 is 9.26 Å². The number of anilines is 1. The Morgan fingerprint density at radius 2 is 1.95 bits per heavy atom. The Morgan fingerprint density at radius 3 is 2.67 bits per heavy atom. The second-order valence-electron chi connectivity index (χ2n) is 4.36. The SMILES string of the molecule is COc1cc(N)c(Cl)cc1-c1nc(-c2ccccc2)no1. The van der Waals surface area contributed by atoms with Crippen molar-refractivity contribution in [3.8, 4) is 28.6 Å². The Labute approximate surface area is 126 Å². The first-order valence-electron chi connectivity index (χ1n) is 6.21. The Balaban J connectivity index is 2.06. The number of nitrogens with zero attached hydrogens (tertiary/aromatic N) is 2. The van der Waals surface area contributed by atoms with Crippen LogP contribution >= 0.6 is 11.6 Å². The maximum Gasteiger partial charge on any atom is 0.262 e. The van der Waals surface area contributed by atoms with E-state index >= 15 is 0 Å². The highest BCUT2D eigenvalue weighted by molar-refractivity contribution is 6.33. The van der Waals surface area contributed by atoms with Crippen LogP contribution in [0.4, 0.5) is 5.69 Å². The summed E-state index contributed by atoms with van der Waals surface area (Å²) in [6.07, 6.45) is 0. The smallest absolute Gasteiger partial charge is 0.262 e. The molecule has 1 aromatic heterocycles. The molecule has 0 saturated heterocycles. The molecule has 0 fully saturated rings. The summed E-state index contributed by atoms with van der Waals surface area (Å²) in [5.74, 6) is 1.35. The maximum absolute atomic E-state index is 6.05. The number of ether oxygens (including phenoxy) is 1. The Hall–Kier alpha value is -2.53. The fraction of sp³-hybridized carbons (Fsp3) is 0.0667. The number of nitrogens with two attached hydrogens (primary N) is 1. The van der Waals surface area contributed by atoms with E-state index in [1.54, 1.807) is 19.2 Å². The lowest BCUT2D eigenvalue weighted by Crippen LogP contribution is -1.93. The van der Waals surface area contributed by atoms with E-state index in [1.807, 2.05) is 30.3 Å². The minimum atomic E-state index is 0.326. The molecule has 0 bridgehead atoms. The van der Waals surface area contributed by atoms with Crippen molar-refractivity contribution >= 4 is 17.3 Å². The highest BCUT2D eigenvalue weighted by Gasteiger charge is 2.16. The fourth-order valence-corrected chi connectivity index (χ4v) is 2.11. The van der Waals surface area contributed by atoms with Crippen LogP contribution in [0.15, 0.2) is 47.0 Å². The number of hydrogen-bond acceptors (Lipinski definition) is 5. The van der Waals surface area contributed by atoms with Gasteiger partial charge in [0.25, 0.3) is 5.89 Å². The summed E-state index contributed by atoms with van der Waals surface area (Å²) in [7, 11) is 1.54. The Kier molecular flexibility index (Phi) is 3.50. The van der Waals surface area contributed by atoms with Crippen LogP contribution in [-0.2, 0) is 0 Å². The van der Waals surface area contributed by atoms with Crippen LogP contribution in [0.25, 0.3) is 22.8 Å². The van der Waals surface area contributed by atoms with Crippen molar-refractivity contribution in [2.45, 2.75) is 0 Å². The molecule has 0 unspecified atom stereocenters. The molecule has 21 heavy (non-hydrogen) atoms. The molecular weight excluding hydrogens is 290 g/mol. The van der Waals surface area contributed by atoms with Crippen LogP contribution in [0.2, 0.25) is 5.02 Å². The zero-order chi connectivity index (χ0) is 14.8. The van der Waals surface area contributed by atoms with E-state index in [1.165, 1.54) is 0 Å². The first-order chi connectivity index (χ1) is 10.2. The zero-order valence-corrected chi connectivity index (χ0v) is 12.0. The molecule has 0 atom stereocenters. The average molecular weight is 302 g/mol. The van der Waals surface area contributed by atoms with Crippen LogP contribution in [0.5, 0.6) is 5.75 Å². The molecule has 0 aliphatic rings. The average Bonchev–Trinajstić information content (AvgIpc) is 3.00. The molecule has 0 spiro atoms. The summed E-state index contributed by atoms with van der Waals surface area (Å²) in [6.45, 7) is 0. The Morgan fingerprint density at radius 1 is 1.19 bits per heavy atom. The molecule has 2 N–H and O–H groups in total. The van der Waals surface area contributed by atoms with Gasteiger partial charge in [0, 0.05) is 11.6 Å². The van der Waals surface area contributed by atoms with E-state index in [4.69, 9.17) is 26.6 Å². The molecule has 0 aliphatic carbocycles. The topological polar surface area (TPSA) is 74.2 Å². The lowest BCUT2D eigenvalue weighted by molar-refractivity contribution is 0.405. The van der Waals surface area contributed by atoms with Crippen LogP contribution in [0.3, 0.4) is 0 Å². The summed E-state index contributed by atoms with van der Waals surface area (Å²) in [5, 5.41) is 4.38. The van der Waals surface area contributed by atoms with Gasteiger partial charge in [0.15, 0.2) is 0 Å². The lowest BCUT2D eigenvalue weighted by Gasteiger charge is -2.07. The van der Waals surface area contributed by atoms with Crippen LogP contribution < -0.4 is 10.5 Å². The van der Waals surface area contributed by atoms with Gasteiger partial charge in [-0.15, -0.1) is 0 Å². The van der Waals surface area contributed by atoms with Gasteiger partial charge in [0.1, 0.15) is 5.75 Å². The van der Waals surface area contributed by atoms with E-state index in [0.29, 0.717) is 33.7 Å². The molecule has 0 aliphatic heterocycles. The van der Waals surface area contributed by atoms with E-state index < -0.39 is 0 Å². The molecule has 2 aromatic carbocycles. The van der Waals surface area contributed by atoms with Gasteiger partial charge < -0.3 is 15.0 Å². The Bertz CT molecular complexity index is 772. The van der Waals surface area contributed by atoms with Gasteiger partial charge in [0.05, 0.1) is 23.4 Å². The first kappa shape index (κ1) is 13.5. The zero-order valence-electron chi connectivity index (χ0n) is 11.2. The van der Waals surface area contributed by atoms with Gasteiger partial charge in [-0.05, 0) is 6.07 Å². The van der Waals surface area contributed by atoms with Crippen molar-refractivity contribution in [3.05, 3.63) is 47.5 Å². The fourth-order valence-electron chi connectivity index (χ4n) is 1.94.